The number of nitrogens with one attached hydrogen (secondary N) is 2. The first-order valence-corrected chi connectivity index (χ1v) is 12.7. The number of carbonyl (C=O) groups excluding carboxylic acids is 3. The highest BCUT2D eigenvalue weighted by molar-refractivity contribution is 6.13. The number of aromatic nitrogens is 2. The van der Waals surface area contributed by atoms with Gasteiger partial charge in [-0.25, -0.2) is 9.97 Å². The number of carbonyl (C=O) groups is 3. The molecule has 1 aliphatic carbocycles. The Kier molecular flexibility index (Phi) is 8.35. The average molecular weight is 525 g/mol. The third-order valence-corrected chi connectivity index (χ3v) is 6.81. The number of hydrogen-bond acceptors (Lipinski definition) is 7. The maximum Gasteiger partial charge on any atom is 0.294 e. The number of hydrogen-bond donors (Lipinski definition) is 2. The molecule has 4 rings (SSSR count). The number of anilines is 2. The van der Waals surface area contributed by atoms with Crippen LogP contribution in [0.3, 0.4) is 0 Å². The molecule has 1 fully saturated rings. The van der Waals surface area contributed by atoms with Crippen LogP contribution in [-0.2, 0) is 9.59 Å². The lowest BCUT2D eigenvalue weighted by Crippen LogP contribution is -2.39. The minimum atomic E-state index is -0.765. The highest BCUT2D eigenvalue weighted by atomic mass is 19.1. The molecule has 3 heterocycles. The van der Waals surface area contributed by atoms with Gasteiger partial charge in [0, 0.05) is 38.2 Å². The molecule has 38 heavy (non-hydrogen) atoms. The van der Waals surface area contributed by atoms with Crippen LogP contribution in [0.4, 0.5) is 15.9 Å². The molecule has 3 aromatic heterocycles. The first-order valence-electron chi connectivity index (χ1n) is 12.7. The van der Waals surface area contributed by atoms with E-state index in [0.29, 0.717) is 38.0 Å². The van der Waals surface area contributed by atoms with Gasteiger partial charge in [0.2, 0.25) is 23.5 Å². The lowest BCUT2D eigenvalue weighted by Gasteiger charge is -2.30. The maximum absolute atomic E-state index is 14.0. The molecule has 0 spiro atoms. The third kappa shape index (κ3) is 6.34. The van der Waals surface area contributed by atoms with Crippen LogP contribution in [0, 0.1) is 24.7 Å². The van der Waals surface area contributed by atoms with Crippen LogP contribution >= 0.6 is 0 Å². The summed E-state index contributed by atoms with van der Waals surface area (Å²) >= 11 is 0. The number of likely N-dealkylation sites (N-methyl/N-ethyl adjacent to an activating group) is 2. The molecule has 0 saturated heterocycles. The van der Waals surface area contributed by atoms with Gasteiger partial charge in [-0.2, -0.15) is 4.39 Å². The van der Waals surface area contributed by atoms with Crippen LogP contribution in [0.2, 0.25) is 0 Å². The number of halogens is 1. The van der Waals surface area contributed by atoms with Gasteiger partial charge in [0.05, 0.1) is 0 Å². The quantitative estimate of drug-likeness (QED) is 0.431. The first kappa shape index (κ1) is 27.2. The van der Waals surface area contributed by atoms with Gasteiger partial charge in [0.15, 0.2) is 5.58 Å². The zero-order chi connectivity index (χ0) is 27.4. The molecule has 0 radical (unpaired) electrons. The van der Waals surface area contributed by atoms with E-state index in [2.05, 4.69) is 20.6 Å². The van der Waals surface area contributed by atoms with Crippen molar-refractivity contribution in [3.8, 4) is 0 Å². The number of nitrogens with zero attached hydrogens (tertiary/aromatic N) is 4. The van der Waals surface area contributed by atoms with Gasteiger partial charge < -0.3 is 24.9 Å². The zero-order valence-corrected chi connectivity index (χ0v) is 22.1. The highest BCUT2D eigenvalue weighted by Crippen LogP contribution is 2.34. The summed E-state index contributed by atoms with van der Waals surface area (Å²) < 4.78 is 19.6. The van der Waals surface area contributed by atoms with E-state index in [4.69, 9.17) is 4.42 Å². The minimum Gasteiger partial charge on any atom is -0.447 e. The summed E-state index contributed by atoms with van der Waals surface area (Å²) in [5, 5.41) is 5.40. The molecule has 11 heteroatoms. The van der Waals surface area contributed by atoms with E-state index in [0.717, 1.165) is 18.2 Å². The van der Waals surface area contributed by atoms with Gasteiger partial charge in [-0.1, -0.05) is 6.07 Å². The van der Waals surface area contributed by atoms with Gasteiger partial charge in [0.25, 0.3) is 5.91 Å². The van der Waals surface area contributed by atoms with E-state index in [1.165, 1.54) is 6.07 Å². The molecular formula is C27H33FN6O4. The van der Waals surface area contributed by atoms with Gasteiger partial charge in [-0.3, -0.25) is 14.4 Å². The number of pyridine rings is 2. The molecule has 202 valence electrons. The maximum atomic E-state index is 14.0. The second-order valence-corrected chi connectivity index (χ2v) is 10.1. The summed E-state index contributed by atoms with van der Waals surface area (Å²) in [7, 11) is 5.73. The van der Waals surface area contributed by atoms with Gasteiger partial charge in [-0.05, 0) is 70.5 Å². The molecule has 0 atom stereocenters. The highest BCUT2D eigenvalue weighted by Gasteiger charge is 2.33. The van der Waals surface area contributed by atoms with Crippen LogP contribution in [0.1, 0.15) is 41.8 Å². The molecule has 0 aromatic carbocycles. The minimum absolute atomic E-state index is 0.00994. The molecule has 3 amide bonds. The fourth-order valence-electron chi connectivity index (χ4n) is 4.54. The SMILES string of the molecule is Cc1ccc(NC(=O)c2oc3ccc(F)nc3c2NC(=O)C2CCC(C(=O)N(C)CCN(C)C)CC2)nc1. The smallest absolute Gasteiger partial charge is 0.294 e. The Morgan fingerprint density at radius 1 is 1.00 bits per heavy atom. The van der Waals surface area contributed by atoms with Crippen LogP contribution in [0.15, 0.2) is 34.9 Å². The first-order chi connectivity index (χ1) is 18.1. The fraction of sp³-hybridized carbons (Fsp3) is 0.444. The second-order valence-electron chi connectivity index (χ2n) is 10.1. The van der Waals surface area contributed by atoms with Crippen LogP contribution < -0.4 is 10.6 Å². The predicted molar refractivity (Wildman–Crippen MR) is 141 cm³/mol. The van der Waals surface area contributed by atoms with Crippen molar-refractivity contribution in [2.45, 2.75) is 32.6 Å². The summed E-state index contributed by atoms with van der Waals surface area (Å²) in [5.74, 6) is -2.03. The Morgan fingerprint density at radius 2 is 1.71 bits per heavy atom. The van der Waals surface area contributed by atoms with Crippen LogP contribution in [0.5, 0.6) is 0 Å². The molecule has 1 aliphatic rings. The summed E-state index contributed by atoms with van der Waals surface area (Å²) in [4.78, 5) is 50.9. The van der Waals surface area contributed by atoms with Crippen molar-refractivity contribution >= 4 is 40.3 Å². The lowest BCUT2D eigenvalue weighted by atomic mass is 9.81. The number of rotatable bonds is 8. The summed E-state index contributed by atoms with van der Waals surface area (Å²) in [6, 6.07) is 5.91. The number of amides is 3. The monoisotopic (exact) mass is 524 g/mol. The Hall–Kier alpha value is -3.86. The molecule has 0 bridgehead atoms. The predicted octanol–water partition coefficient (Wildman–Crippen LogP) is 3.69. The number of furan rings is 1. The van der Waals surface area contributed by atoms with E-state index >= 15 is 0 Å². The van der Waals surface area contributed by atoms with Gasteiger partial charge in [0.1, 0.15) is 17.0 Å². The van der Waals surface area contributed by atoms with Gasteiger partial charge in [-0.15, -0.1) is 0 Å². The van der Waals surface area contributed by atoms with E-state index in [9.17, 15) is 18.8 Å². The molecule has 0 unspecified atom stereocenters. The van der Waals surface area contributed by atoms with Crippen LogP contribution in [0.25, 0.3) is 11.1 Å². The Bertz CT molecular complexity index is 1320. The third-order valence-electron chi connectivity index (χ3n) is 6.81. The van der Waals surface area contributed by atoms with Gasteiger partial charge >= 0.3 is 0 Å². The average Bonchev–Trinajstić information content (AvgIpc) is 3.25. The largest absolute Gasteiger partial charge is 0.447 e. The molecule has 10 nitrogen and oxygen atoms in total. The number of fused-ring (bicyclic) bond motifs is 1. The van der Waals surface area contributed by atoms with Crippen molar-refractivity contribution in [3.05, 3.63) is 47.7 Å². The molecule has 0 aliphatic heterocycles. The molecule has 1 saturated carbocycles. The second kappa shape index (κ2) is 11.7. The summed E-state index contributed by atoms with van der Waals surface area (Å²) in [5.41, 5.74) is 1.15. The fourth-order valence-corrected chi connectivity index (χ4v) is 4.54. The Balaban J connectivity index is 1.46. The van der Waals surface area contributed by atoms with Crippen molar-refractivity contribution < 1.29 is 23.2 Å². The topological polar surface area (TPSA) is 121 Å². The zero-order valence-electron chi connectivity index (χ0n) is 22.1. The van der Waals surface area contributed by atoms with Crippen molar-refractivity contribution in [1.29, 1.82) is 0 Å². The number of aryl methyl sites for hydroxylation is 1. The Labute approximate surface area is 220 Å². The molecule has 2 N–H and O–H groups in total. The van der Waals surface area contributed by atoms with E-state index in [1.54, 1.807) is 30.3 Å². The van der Waals surface area contributed by atoms with Crippen molar-refractivity contribution in [2.75, 3.05) is 44.9 Å². The summed E-state index contributed by atoms with van der Waals surface area (Å²) in [6.07, 6.45) is 3.84. The van der Waals surface area contributed by atoms with Crippen molar-refractivity contribution in [2.24, 2.45) is 11.8 Å². The van der Waals surface area contributed by atoms with Crippen molar-refractivity contribution in [3.63, 3.8) is 0 Å². The standard InChI is InChI=1S/C27H33FN6O4/c1-16-5-12-21(29-15-16)31-26(36)24-23(22-19(38-24)10-11-20(28)30-22)32-25(35)17-6-8-18(9-7-17)27(37)34(4)14-13-33(2)3/h5,10-12,15,17-18H,6-9,13-14H2,1-4H3,(H,32,35)(H,29,31,36). The van der Waals surface area contributed by atoms with E-state index in [-0.39, 0.29) is 46.2 Å². The van der Waals surface area contributed by atoms with Crippen molar-refractivity contribution in [1.82, 2.24) is 19.8 Å². The van der Waals surface area contributed by atoms with E-state index < -0.39 is 11.9 Å². The lowest BCUT2D eigenvalue weighted by molar-refractivity contribution is -0.136. The Morgan fingerprint density at radius 3 is 2.37 bits per heavy atom. The normalized spacial score (nSPS) is 17.4. The summed E-state index contributed by atoms with van der Waals surface area (Å²) in [6.45, 7) is 3.30. The van der Waals surface area contributed by atoms with Crippen LogP contribution in [-0.4, -0.2) is 71.7 Å². The molecule has 3 aromatic rings. The van der Waals surface area contributed by atoms with E-state index in [1.807, 2.05) is 25.9 Å². The molecular weight excluding hydrogens is 491 g/mol.